The molecule has 0 radical (unpaired) electrons. The smallest absolute Gasteiger partial charge is 0.271 e. The predicted octanol–water partition coefficient (Wildman–Crippen LogP) is 3.41. The average Bonchev–Trinajstić information content (AvgIpc) is 3.47. The largest absolute Gasteiger partial charge is 0.497 e. The van der Waals surface area contributed by atoms with Gasteiger partial charge in [-0.05, 0) is 63.9 Å². The first kappa shape index (κ1) is 22.3. The van der Waals surface area contributed by atoms with Crippen molar-refractivity contribution in [3.8, 4) is 5.75 Å². The van der Waals surface area contributed by atoms with Crippen LogP contribution in [0.4, 0.5) is 0 Å². The van der Waals surface area contributed by atoms with E-state index in [9.17, 15) is 9.59 Å². The third kappa shape index (κ3) is 4.12. The van der Waals surface area contributed by atoms with Crippen LogP contribution < -0.4 is 10.1 Å². The molecular formula is C26H36N4O3. The zero-order chi connectivity index (χ0) is 23.0. The van der Waals surface area contributed by atoms with E-state index >= 15 is 0 Å². The number of hydrogen-bond donors (Lipinski definition) is 1. The molecule has 3 heterocycles. The van der Waals surface area contributed by atoms with Crippen molar-refractivity contribution in [1.82, 2.24) is 19.7 Å². The Morgan fingerprint density at radius 3 is 2.58 bits per heavy atom. The van der Waals surface area contributed by atoms with Crippen LogP contribution in [0.25, 0.3) is 10.9 Å². The predicted molar refractivity (Wildman–Crippen MR) is 129 cm³/mol. The Bertz CT molecular complexity index is 1040. The van der Waals surface area contributed by atoms with Crippen LogP contribution in [0, 0.1) is 0 Å². The molecule has 1 saturated carbocycles. The third-order valence-electron chi connectivity index (χ3n) is 7.91. The molecule has 5 rings (SSSR count). The van der Waals surface area contributed by atoms with E-state index in [0.717, 1.165) is 62.0 Å². The molecule has 2 aliphatic heterocycles. The Hall–Kier alpha value is -2.54. The minimum absolute atomic E-state index is 0.0282. The van der Waals surface area contributed by atoms with Gasteiger partial charge < -0.3 is 24.4 Å². The number of methoxy groups -OCH3 is 1. The lowest BCUT2D eigenvalue weighted by molar-refractivity contribution is -0.133. The second kappa shape index (κ2) is 9.01. The average molecular weight is 453 g/mol. The Morgan fingerprint density at radius 2 is 1.85 bits per heavy atom. The SMILES string of the molecule is COc1ccc2cc3n(c2c1)C[C@@](C)(C(=O)NC1CCCCC1)N(CCN1CCCC1)C3=O. The van der Waals surface area contributed by atoms with Gasteiger partial charge >= 0.3 is 0 Å². The number of fused-ring (bicyclic) bond motifs is 3. The summed E-state index contributed by atoms with van der Waals surface area (Å²) in [6, 6.07) is 8.03. The highest BCUT2D eigenvalue weighted by Gasteiger charge is 2.48. The zero-order valence-electron chi connectivity index (χ0n) is 19.9. The number of nitrogens with one attached hydrogen (secondary N) is 1. The summed E-state index contributed by atoms with van der Waals surface area (Å²) >= 11 is 0. The van der Waals surface area contributed by atoms with Crippen molar-refractivity contribution in [3.63, 3.8) is 0 Å². The van der Waals surface area contributed by atoms with Crippen molar-refractivity contribution in [2.24, 2.45) is 0 Å². The number of nitrogens with zero attached hydrogens (tertiary/aromatic N) is 3. The Labute approximate surface area is 196 Å². The van der Waals surface area contributed by atoms with Crippen LogP contribution in [-0.2, 0) is 11.3 Å². The molecule has 0 unspecified atom stereocenters. The minimum atomic E-state index is -0.934. The van der Waals surface area contributed by atoms with Crippen LogP contribution in [0.1, 0.15) is 62.4 Å². The van der Waals surface area contributed by atoms with Crippen molar-refractivity contribution < 1.29 is 14.3 Å². The minimum Gasteiger partial charge on any atom is -0.497 e. The molecule has 2 fully saturated rings. The fourth-order valence-electron chi connectivity index (χ4n) is 5.84. The highest BCUT2D eigenvalue weighted by atomic mass is 16.5. The lowest BCUT2D eigenvalue weighted by Crippen LogP contribution is -2.65. The number of carbonyl (C=O) groups excluding carboxylic acids is 2. The summed E-state index contributed by atoms with van der Waals surface area (Å²) in [5.41, 5.74) is 0.659. The summed E-state index contributed by atoms with van der Waals surface area (Å²) in [7, 11) is 1.65. The standard InChI is InChI=1S/C26H36N4O3/c1-26(25(32)27-20-8-4-3-5-9-20)18-29-22-17-21(33-2)11-10-19(22)16-23(29)24(31)30(26)15-14-28-12-6-7-13-28/h10-11,16-17,20H,3-9,12-15,18H2,1-2H3,(H,27,32)/t26-/m0/s1. The van der Waals surface area contributed by atoms with Crippen LogP contribution in [0.5, 0.6) is 5.75 Å². The molecule has 7 nitrogen and oxygen atoms in total. The maximum atomic E-state index is 13.8. The van der Waals surface area contributed by atoms with E-state index in [0.29, 0.717) is 18.8 Å². The van der Waals surface area contributed by atoms with Gasteiger partial charge in [0.25, 0.3) is 5.91 Å². The number of rotatable bonds is 6. The molecule has 0 bridgehead atoms. The van der Waals surface area contributed by atoms with Gasteiger partial charge in [-0.25, -0.2) is 0 Å². The molecule has 0 spiro atoms. The number of carbonyl (C=O) groups is 2. The van der Waals surface area contributed by atoms with Gasteiger partial charge in [-0.3, -0.25) is 9.59 Å². The molecule has 1 saturated heterocycles. The summed E-state index contributed by atoms with van der Waals surface area (Å²) in [6.07, 6.45) is 8.03. The Kier molecular flexibility index (Phi) is 6.08. The molecule has 1 aromatic heterocycles. The van der Waals surface area contributed by atoms with E-state index < -0.39 is 5.54 Å². The van der Waals surface area contributed by atoms with Crippen molar-refractivity contribution in [3.05, 3.63) is 30.0 Å². The summed E-state index contributed by atoms with van der Waals surface area (Å²) in [6.45, 7) is 5.93. The van der Waals surface area contributed by atoms with E-state index in [1.165, 1.54) is 19.3 Å². The van der Waals surface area contributed by atoms with Gasteiger partial charge in [0, 0.05) is 30.6 Å². The zero-order valence-corrected chi connectivity index (χ0v) is 19.9. The van der Waals surface area contributed by atoms with E-state index in [4.69, 9.17) is 4.74 Å². The van der Waals surface area contributed by atoms with Crippen LogP contribution in [0.3, 0.4) is 0 Å². The fraction of sp³-hybridized carbons (Fsp3) is 0.615. The molecule has 1 atom stereocenters. The van der Waals surface area contributed by atoms with Crippen LogP contribution >= 0.6 is 0 Å². The lowest BCUT2D eigenvalue weighted by Gasteiger charge is -2.45. The van der Waals surface area contributed by atoms with Crippen molar-refractivity contribution in [2.45, 2.75) is 70.0 Å². The van der Waals surface area contributed by atoms with Gasteiger partial charge in [-0.1, -0.05) is 19.3 Å². The number of likely N-dealkylation sites (tertiary alicyclic amines) is 1. The molecule has 2 amide bonds. The highest BCUT2D eigenvalue weighted by molar-refractivity contribution is 6.03. The number of hydrogen-bond acceptors (Lipinski definition) is 4. The second-order valence-electron chi connectivity index (χ2n) is 10.1. The van der Waals surface area contributed by atoms with Gasteiger partial charge in [0.2, 0.25) is 5.91 Å². The molecule has 1 N–H and O–H groups in total. The van der Waals surface area contributed by atoms with Crippen LogP contribution in [-0.4, -0.2) is 71.1 Å². The number of aromatic nitrogens is 1. The van der Waals surface area contributed by atoms with Crippen molar-refractivity contribution >= 4 is 22.7 Å². The van der Waals surface area contributed by atoms with Gasteiger partial charge in [0.15, 0.2) is 0 Å². The molecule has 1 aliphatic carbocycles. The third-order valence-corrected chi connectivity index (χ3v) is 7.91. The second-order valence-corrected chi connectivity index (χ2v) is 10.1. The fourth-order valence-corrected chi connectivity index (χ4v) is 5.84. The van der Waals surface area contributed by atoms with E-state index in [1.807, 2.05) is 40.7 Å². The molecule has 2 aromatic rings. The van der Waals surface area contributed by atoms with E-state index in [1.54, 1.807) is 7.11 Å². The number of ether oxygens (including phenoxy) is 1. The lowest BCUT2D eigenvalue weighted by atomic mass is 9.91. The monoisotopic (exact) mass is 452 g/mol. The molecule has 1 aromatic carbocycles. The Morgan fingerprint density at radius 1 is 1.09 bits per heavy atom. The Balaban J connectivity index is 1.49. The van der Waals surface area contributed by atoms with Gasteiger partial charge in [-0.2, -0.15) is 0 Å². The normalized spacial score (nSPS) is 24.3. The van der Waals surface area contributed by atoms with Gasteiger partial charge in [-0.15, -0.1) is 0 Å². The van der Waals surface area contributed by atoms with Gasteiger partial charge in [0.05, 0.1) is 19.2 Å². The van der Waals surface area contributed by atoms with E-state index in [2.05, 4.69) is 10.2 Å². The first-order valence-electron chi connectivity index (χ1n) is 12.5. The maximum Gasteiger partial charge on any atom is 0.271 e. The number of benzene rings is 1. The van der Waals surface area contributed by atoms with Crippen molar-refractivity contribution in [1.29, 1.82) is 0 Å². The summed E-state index contributed by atoms with van der Waals surface area (Å²) in [5.74, 6) is 0.664. The molecule has 33 heavy (non-hydrogen) atoms. The van der Waals surface area contributed by atoms with E-state index in [-0.39, 0.29) is 17.9 Å². The summed E-state index contributed by atoms with van der Waals surface area (Å²) in [4.78, 5) is 31.9. The van der Waals surface area contributed by atoms with Crippen molar-refractivity contribution in [2.75, 3.05) is 33.3 Å². The molecule has 3 aliphatic rings. The first-order chi connectivity index (χ1) is 16.0. The maximum absolute atomic E-state index is 13.8. The molecule has 7 heteroatoms. The summed E-state index contributed by atoms with van der Waals surface area (Å²) < 4.78 is 7.45. The summed E-state index contributed by atoms with van der Waals surface area (Å²) in [5, 5.41) is 4.31. The van der Waals surface area contributed by atoms with Gasteiger partial charge in [0.1, 0.15) is 17.0 Å². The van der Waals surface area contributed by atoms with Crippen LogP contribution in [0.15, 0.2) is 24.3 Å². The highest BCUT2D eigenvalue weighted by Crippen LogP contribution is 2.34. The molecular weight excluding hydrogens is 416 g/mol. The molecule has 178 valence electrons. The quantitative estimate of drug-likeness (QED) is 0.730. The van der Waals surface area contributed by atoms with Crippen LogP contribution in [0.2, 0.25) is 0 Å². The topological polar surface area (TPSA) is 66.8 Å². The first-order valence-corrected chi connectivity index (χ1v) is 12.5. The number of amides is 2.